The molecule has 2 aromatic carbocycles. The van der Waals surface area contributed by atoms with Crippen LogP contribution in [0.3, 0.4) is 0 Å². The third-order valence-corrected chi connectivity index (χ3v) is 3.57. The normalized spacial score (nSPS) is 11.6. The van der Waals surface area contributed by atoms with Crippen molar-refractivity contribution in [2.24, 2.45) is 0 Å². The maximum absolute atomic E-state index is 11.3. The standard InChI is InChI=1S/C17H19ClN2O2/c1-12(13-6-4-3-5-7-13)11-22-16-9-8-14(10-15(16)18)20-17(21)19-2/h3-10,12H,11H2,1-2H3,(H2,19,20,21). The van der Waals surface area contributed by atoms with Crippen LogP contribution >= 0.6 is 11.6 Å². The van der Waals surface area contributed by atoms with Crippen LogP contribution in [0.25, 0.3) is 0 Å². The highest BCUT2D eigenvalue weighted by Gasteiger charge is 2.09. The molecule has 116 valence electrons. The number of hydrogen-bond donors (Lipinski definition) is 2. The predicted molar refractivity (Wildman–Crippen MR) is 89.9 cm³/mol. The fourth-order valence-electron chi connectivity index (χ4n) is 1.98. The first-order chi connectivity index (χ1) is 10.6. The summed E-state index contributed by atoms with van der Waals surface area (Å²) < 4.78 is 5.78. The average Bonchev–Trinajstić information content (AvgIpc) is 2.54. The number of ether oxygens (including phenoxy) is 1. The summed E-state index contributed by atoms with van der Waals surface area (Å²) in [5.41, 5.74) is 1.84. The van der Waals surface area contributed by atoms with Crippen molar-refractivity contribution in [2.45, 2.75) is 12.8 Å². The number of urea groups is 1. The van der Waals surface area contributed by atoms with Crippen molar-refractivity contribution in [3.8, 4) is 5.75 Å². The molecule has 0 spiro atoms. The molecule has 0 bridgehead atoms. The van der Waals surface area contributed by atoms with Crippen LogP contribution in [0, 0.1) is 0 Å². The molecule has 0 radical (unpaired) electrons. The highest BCUT2D eigenvalue weighted by molar-refractivity contribution is 6.32. The number of carbonyl (C=O) groups is 1. The Balaban J connectivity index is 1.97. The van der Waals surface area contributed by atoms with E-state index < -0.39 is 0 Å². The maximum atomic E-state index is 11.3. The Labute approximate surface area is 135 Å². The highest BCUT2D eigenvalue weighted by atomic mass is 35.5. The monoisotopic (exact) mass is 318 g/mol. The minimum Gasteiger partial charge on any atom is -0.491 e. The quantitative estimate of drug-likeness (QED) is 0.864. The summed E-state index contributed by atoms with van der Waals surface area (Å²) in [7, 11) is 1.55. The predicted octanol–water partition coefficient (Wildman–Crippen LogP) is 4.27. The second-order valence-corrected chi connectivity index (χ2v) is 5.38. The Morgan fingerprint density at radius 2 is 1.95 bits per heavy atom. The van der Waals surface area contributed by atoms with Crippen molar-refractivity contribution in [3.05, 3.63) is 59.1 Å². The van der Waals surface area contributed by atoms with E-state index in [1.165, 1.54) is 5.56 Å². The van der Waals surface area contributed by atoms with Crippen molar-refractivity contribution in [1.29, 1.82) is 0 Å². The van der Waals surface area contributed by atoms with Gasteiger partial charge in [-0.2, -0.15) is 0 Å². The fraction of sp³-hybridized carbons (Fsp3) is 0.235. The zero-order valence-electron chi connectivity index (χ0n) is 12.6. The van der Waals surface area contributed by atoms with Crippen molar-refractivity contribution >= 4 is 23.3 Å². The molecular formula is C17H19ClN2O2. The Morgan fingerprint density at radius 3 is 2.59 bits per heavy atom. The van der Waals surface area contributed by atoms with Gasteiger partial charge in [0.05, 0.1) is 11.6 Å². The third kappa shape index (κ3) is 4.40. The van der Waals surface area contributed by atoms with E-state index in [1.807, 2.05) is 18.2 Å². The lowest BCUT2D eigenvalue weighted by Gasteiger charge is -2.15. The average molecular weight is 319 g/mol. The summed E-state index contributed by atoms with van der Waals surface area (Å²) in [4.78, 5) is 11.3. The van der Waals surface area contributed by atoms with Gasteiger partial charge < -0.3 is 15.4 Å². The second kappa shape index (κ2) is 7.71. The van der Waals surface area contributed by atoms with E-state index in [2.05, 4.69) is 29.7 Å². The van der Waals surface area contributed by atoms with E-state index in [-0.39, 0.29) is 11.9 Å². The fourth-order valence-corrected chi connectivity index (χ4v) is 2.22. The molecule has 2 N–H and O–H groups in total. The Hall–Kier alpha value is -2.20. The largest absolute Gasteiger partial charge is 0.491 e. The molecule has 0 saturated carbocycles. The van der Waals surface area contributed by atoms with Gasteiger partial charge in [0.25, 0.3) is 0 Å². The lowest BCUT2D eigenvalue weighted by Crippen LogP contribution is -2.24. The van der Waals surface area contributed by atoms with Crippen LogP contribution in [0.5, 0.6) is 5.75 Å². The van der Waals surface area contributed by atoms with Gasteiger partial charge in [0.1, 0.15) is 5.75 Å². The number of hydrogen-bond acceptors (Lipinski definition) is 2. The molecule has 2 aromatic rings. The first-order valence-corrected chi connectivity index (χ1v) is 7.44. The van der Waals surface area contributed by atoms with Gasteiger partial charge in [-0.3, -0.25) is 0 Å². The van der Waals surface area contributed by atoms with Crippen LogP contribution in [0.2, 0.25) is 5.02 Å². The molecule has 0 aliphatic rings. The minimum absolute atomic E-state index is 0.265. The van der Waals surface area contributed by atoms with Crippen molar-refractivity contribution in [3.63, 3.8) is 0 Å². The van der Waals surface area contributed by atoms with Crippen LogP contribution in [0.4, 0.5) is 10.5 Å². The molecule has 0 aliphatic heterocycles. The number of carbonyl (C=O) groups excluding carboxylic acids is 1. The van der Waals surface area contributed by atoms with E-state index >= 15 is 0 Å². The molecule has 0 aliphatic carbocycles. The molecular weight excluding hydrogens is 300 g/mol. The Bertz CT molecular complexity index is 632. The highest BCUT2D eigenvalue weighted by Crippen LogP contribution is 2.28. The van der Waals surface area contributed by atoms with Gasteiger partial charge in [0, 0.05) is 18.7 Å². The number of rotatable bonds is 5. The van der Waals surface area contributed by atoms with Gasteiger partial charge in [-0.15, -0.1) is 0 Å². The van der Waals surface area contributed by atoms with Crippen molar-refractivity contribution < 1.29 is 9.53 Å². The topological polar surface area (TPSA) is 50.4 Å². The van der Waals surface area contributed by atoms with Gasteiger partial charge >= 0.3 is 6.03 Å². The zero-order valence-corrected chi connectivity index (χ0v) is 13.4. The van der Waals surface area contributed by atoms with Gasteiger partial charge in [0.2, 0.25) is 0 Å². The molecule has 0 heterocycles. The van der Waals surface area contributed by atoms with Gasteiger partial charge in [-0.05, 0) is 23.8 Å². The van der Waals surface area contributed by atoms with Gasteiger partial charge in [-0.1, -0.05) is 48.9 Å². The molecule has 4 nitrogen and oxygen atoms in total. The lowest BCUT2D eigenvalue weighted by atomic mass is 10.0. The molecule has 5 heteroatoms. The summed E-state index contributed by atoms with van der Waals surface area (Å²) in [6.45, 7) is 2.64. The van der Waals surface area contributed by atoms with Crippen molar-refractivity contribution in [1.82, 2.24) is 5.32 Å². The van der Waals surface area contributed by atoms with Crippen molar-refractivity contribution in [2.75, 3.05) is 19.0 Å². The summed E-state index contributed by atoms with van der Waals surface area (Å²) >= 11 is 6.19. The molecule has 1 atom stereocenters. The van der Waals surface area contributed by atoms with E-state index in [9.17, 15) is 4.79 Å². The van der Waals surface area contributed by atoms with E-state index in [0.29, 0.717) is 23.1 Å². The van der Waals surface area contributed by atoms with Crippen LogP contribution in [0.15, 0.2) is 48.5 Å². The molecule has 2 rings (SSSR count). The Kier molecular flexibility index (Phi) is 5.67. The molecule has 2 amide bonds. The third-order valence-electron chi connectivity index (χ3n) is 3.27. The van der Waals surface area contributed by atoms with Crippen LogP contribution in [-0.2, 0) is 0 Å². The van der Waals surface area contributed by atoms with Gasteiger partial charge in [-0.25, -0.2) is 4.79 Å². The summed E-state index contributed by atoms with van der Waals surface area (Å²) in [5.74, 6) is 0.868. The van der Waals surface area contributed by atoms with Crippen LogP contribution < -0.4 is 15.4 Å². The Morgan fingerprint density at radius 1 is 1.23 bits per heavy atom. The number of amides is 2. The van der Waals surface area contributed by atoms with Crippen LogP contribution in [0.1, 0.15) is 18.4 Å². The molecule has 0 aromatic heterocycles. The first kappa shape index (κ1) is 16.2. The molecule has 0 fully saturated rings. The smallest absolute Gasteiger partial charge is 0.318 e. The molecule has 22 heavy (non-hydrogen) atoms. The van der Waals surface area contributed by atoms with Gasteiger partial charge in [0.15, 0.2) is 0 Å². The van der Waals surface area contributed by atoms with E-state index in [1.54, 1.807) is 25.2 Å². The molecule has 1 unspecified atom stereocenters. The first-order valence-electron chi connectivity index (χ1n) is 7.06. The zero-order chi connectivity index (χ0) is 15.9. The van der Waals surface area contributed by atoms with E-state index in [4.69, 9.17) is 16.3 Å². The molecule has 0 saturated heterocycles. The number of halogens is 1. The van der Waals surface area contributed by atoms with E-state index in [0.717, 1.165) is 0 Å². The lowest BCUT2D eigenvalue weighted by molar-refractivity contribution is 0.254. The number of anilines is 1. The SMILES string of the molecule is CNC(=O)Nc1ccc(OCC(C)c2ccccc2)c(Cl)c1. The maximum Gasteiger partial charge on any atom is 0.318 e. The summed E-state index contributed by atoms with van der Waals surface area (Å²) in [5, 5.41) is 5.61. The summed E-state index contributed by atoms with van der Waals surface area (Å²) in [6.07, 6.45) is 0. The number of benzene rings is 2. The number of nitrogens with one attached hydrogen (secondary N) is 2. The summed E-state index contributed by atoms with van der Waals surface area (Å²) in [6, 6.07) is 15.1. The van der Waals surface area contributed by atoms with Crippen LogP contribution in [-0.4, -0.2) is 19.7 Å². The minimum atomic E-state index is -0.289. The second-order valence-electron chi connectivity index (χ2n) is 4.97.